The number of carboxylic acids is 1. The molecule has 3 rings (SSSR count). The number of hydrogen-bond acceptors (Lipinski definition) is 6. The predicted octanol–water partition coefficient (Wildman–Crippen LogP) is 3.44. The van der Waals surface area contributed by atoms with E-state index in [1.54, 1.807) is 43.3 Å². The number of ketones is 1. The summed E-state index contributed by atoms with van der Waals surface area (Å²) in [5.74, 6) is -1.35. The fourth-order valence-corrected chi connectivity index (χ4v) is 4.12. The smallest absolute Gasteiger partial charge is 0.341 e. The molecule has 210 valence electrons. The molecule has 0 aliphatic carbocycles. The zero-order valence-corrected chi connectivity index (χ0v) is 22.6. The maximum Gasteiger partial charge on any atom is 0.341 e. The number of amides is 1. The van der Waals surface area contributed by atoms with Gasteiger partial charge in [0, 0.05) is 31.0 Å². The van der Waals surface area contributed by atoms with E-state index in [0.717, 1.165) is 16.7 Å². The molecule has 2 atom stereocenters. The molecule has 0 heterocycles. The summed E-state index contributed by atoms with van der Waals surface area (Å²) in [7, 11) is 0. The first-order valence-electron chi connectivity index (χ1n) is 13.2. The van der Waals surface area contributed by atoms with Crippen LogP contribution in [0.3, 0.4) is 0 Å². The van der Waals surface area contributed by atoms with E-state index in [9.17, 15) is 14.4 Å². The van der Waals surface area contributed by atoms with Gasteiger partial charge in [0.15, 0.2) is 12.4 Å². The maximum absolute atomic E-state index is 13.3. The first-order chi connectivity index (χ1) is 19.2. The van der Waals surface area contributed by atoms with Gasteiger partial charge < -0.3 is 26.2 Å². The Kier molecular flexibility index (Phi) is 11.4. The summed E-state index contributed by atoms with van der Waals surface area (Å²) < 4.78 is 5.18. The molecule has 6 N–H and O–H groups in total. The highest BCUT2D eigenvalue weighted by molar-refractivity contribution is 5.95. The van der Waals surface area contributed by atoms with Crippen LogP contribution in [0.25, 0.3) is 0 Å². The molecule has 0 spiro atoms. The van der Waals surface area contributed by atoms with Gasteiger partial charge in [0.1, 0.15) is 11.6 Å². The summed E-state index contributed by atoms with van der Waals surface area (Å²) in [6.07, 6.45) is 1.39. The molecular weight excluding hydrogens is 508 g/mol. The molecule has 0 aromatic heterocycles. The number of ether oxygens (including phenoxy) is 1. The lowest BCUT2D eigenvalue weighted by molar-refractivity contribution is -0.139. The fraction of sp³-hybridized carbons (Fsp3) is 0.290. The highest BCUT2D eigenvalue weighted by atomic mass is 16.5. The van der Waals surface area contributed by atoms with E-state index < -0.39 is 24.5 Å². The van der Waals surface area contributed by atoms with Gasteiger partial charge in [-0.3, -0.25) is 15.0 Å². The number of Topliss-reactive ketones (excluding diaryl/α,β-unsaturated/α-hetero) is 1. The molecule has 0 aliphatic heterocycles. The van der Waals surface area contributed by atoms with Crippen LogP contribution >= 0.6 is 0 Å². The second-order valence-electron chi connectivity index (χ2n) is 9.68. The summed E-state index contributed by atoms with van der Waals surface area (Å²) in [6, 6.07) is 23.6. The molecule has 9 nitrogen and oxygen atoms in total. The van der Waals surface area contributed by atoms with Crippen molar-refractivity contribution in [3.63, 3.8) is 0 Å². The Morgan fingerprint density at radius 1 is 0.900 bits per heavy atom. The molecule has 0 radical (unpaired) electrons. The van der Waals surface area contributed by atoms with Gasteiger partial charge in [-0.05, 0) is 41.7 Å². The van der Waals surface area contributed by atoms with Gasteiger partial charge in [-0.2, -0.15) is 0 Å². The Labute approximate surface area is 234 Å². The first-order valence-corrected chi connectivity index (χ1v) is 13.2. The Morgan fingerprint density at radius 3 is 2.15 bits per heavy atom. The Balaban J connectivity index is 1.57. The third kappa shape index (κ3) is 9.99. The summed E-state index contributed by atoms with van der Waals surface area (Å²) in [4.78, 5) is 36.8. The summed E-state index contributed by atoms with van der Waals surface area (Å²) in [6.45, 7) is 2.08. The maximum atomic E-state index is 13.3. The number of nitrogens with one attached hydrogen (secondary N) is 3. The number of benzene rings is 3. The van der Waals surface area contributed by atoms with Crippen LogP contribution in [0.15, 0.2) is 78.9 Å². The third-order valence-corrected chi connectivity index (χ3v) is 6.48. The summed E-state index contributed by atoms with van der Waals surface area (Å²) >= 11 is 0. The van der Waals surface area contributed by atoms with Crippen LogP contribution in [-0.2, 0) is 33.9 Å². The molecule has 0 fully saturated rings. The molecule has 40 heavy (non-hydrogen) atoms. The van der Waals surface area contributed by atoms with E-state index in [0.29, 0.717) is 37.2 Å². The number of aliphatic carboxylic acids is 1. The number of carbonyl (C=O) groups excluding carboxylic acids is 2. The Hall–Kier alpha value is -4.50. The standard InChI is InChI=1S/C31H36N4O5/c1-21(31(39)35-19-23-7-12-25(13-8-23)30(32)33)17-28(36)27(16-11-22-5-3-2-4-6-22)34-18-24-9-14-26(15-10-24)40-20-29(37)38/h2-10,12-15,21,27,34H,11,16-20H2,1H3,(H3,32,33)(H,35,39)(H,37,38)/t21-,27-/m1/s1. The number of nitrogens with two attached hydrogens (primary N) is 1. The molecule has 9 heteroatoms. The van der Waals surface area contributed by atoms with Gasteiger partial charge in [0.2, 0.25) is 5.91 Å². The van der Waals surface area contributed by atoms with Crippen LogP contribution in [0.4, 0.5) is 0 Å². The number of aryl methyl sites for hydroxylation is 1. The van der Waals surface area contributed by atoms with E-state index in [4.69, 9.17) is 21.0 Å². The molecule has 0 bridgehead atoms. The minimum atomic E-state index is -1.04. The number of rotatable bonds is 16. The number of hydrogen-bond donors (Lipinski definition) is 5. The number of carbonyl (C=O) groups is 3. The average molecular weight is 545 g/mol. The van der Waals surface area contributed by atoms with Crippen molar-refractivity contribution >= 4 is 23.5 Å². The second-order valence-corrected chi connectivity index (χ2v) is 9.68. The zero-order valence-electron chi connectivity index (χ0n) is 22.6. The third-order valence-electron chi connectivity index (χ3n) is 6.48. The van der Waals surface area contributed by atoms with Crippen LogP contribution in [0.5, 0.6) is 5.75 Å². The molecule has 3 aromatic carbocycles. The van der Waals surface area contributed by atoms with E-state index in [1.807, 2.05) is 42.5 Å². The van der Waals surface area contributed by atoms with E-state index >= 15 is 0 Å². The van der Waals surface area contributed by atoms with Crippen molar-refractivity contribution in [3.8, 4) is 5.75 Å². The van der Waals surface area contributed by atoms with Gasteiger partial charge in [-0.15, -0.1) is 0 Å². The lowest BCUT2D eigenvalue weighted by Crippen LogP contribution is -2.39. The van der Waals surface area contributed by atoms with Gasteiger partial charge >= 0.3 is 5.97 Å². The quantitative estimate of drug-likeness (QED) is 0.137. The van der Waals surface area contributed by atoms with Crippen molar-refractivity contribution in [1.82, 2.24) is 10.6 Å². The topological polar surface area (TPSA) is 155 Å². The lowest BCUT2D eigenvalue weighted by atomic mass is 9.95. The minimum Gasteiger partial charge on any atom is -0.482 e. The summed E-state index contributed by atoms with van der Waals surface area (Å²) in [5.41, 5.74) is 9.02. The molecule has 0 saturated carbocycles. The second kappa shape index (κ2) is 15.2. The average Bonchev–Trinajstić information content (AvgIpc) is 2.96. The van der Waals surface area contributed by atoms with E-state index in [-0.39, 0.29) is 23.9 Å². The van der Waals surface area contributed by atoms with Crippen LogP contribution in [0.1, 0.15) is 42.0 Å². The molecule has 1 amide bonds. The minimum absolute atomic E-state index is 0.0140. The van der Waals surface area contributed by atoms with Crippen LogP contribution in [0, 0.1) is 11.3 Å². The Bertz CT molecular complexity index is 1280. The monoisotopic (exact) mass is 544 g/mol. The van der Waals surface area contributed by atoms with Crippen LogP contribution < -0.4 is 21.1 Å². The van der Waals surface area contributed by atoms with Crippen molar-refractivity contribution < 1.29 is 24.2 Å². The number of nitrogen functional groups attached to an aromatic ring is 1. The molecule has 0 saturated heterocycles. The van der Waals surface area contributed by atoms with Crippen molar-refractivity contribution in [2.75, 3.05) is 6.61 Å². The van der Waals surface area contributed by atoms with Crippen LogP contribution in [-0.4, -0.2) is 41.3 Å². The highest BCUT2D eigenvalue weighted by Crippen LogP contribution is 2.15. The first kappa shape index (κ1) is 30.0. The van der Waals surface area contributed by atoms with Gasteiger partial charge in [-0.1, -0.05) is 73.7 Å². The highest BCUT2D eigenvalue weighted by Gasteiger charge is 2.23. The fourth-order valence-electron chi connectivity index (χ4n) is 4.12. The Morgan fingerprint density at radius 2 is 1.52 bits per heavy atom. The van der Waals surface area contributed by atoms with Gasteiger partial charge in [0.05, 0.1) is 6.04 Å². The molecule has 3 aromatic rings. The predicted molar refractivity (Wildman–Crippen MR) is 153 cm³/mol. The molecule has 0 aliphatic rings. The molecule has 0 unspecified atom stereocenters. The van der Waals surface area contributed by atoms with E-state index in [1.165, 1.54) is 0 Å². The lowest BCUT2D eigenvalue weighted by Gasteiger charge is -2.20. The van der Waals surface area contributed by atoms with Crippen molar-refractivity contribution in [2.45, 2.75) is 45.3 Å². The zero-order chi connectivity index (χ0) is 28.9. The van der Waals surface area contributed by atoms with Gasteiger partial charge in [0.25, 0.3) is 0 Å². The van der Waals surface area contributed by atoms with Gasteiger partial charge in [-0.25, -0.2) is 4.79 Å². The van der Waals surface area contributed by atoms with Crippen LogP contribution in [0.2, 0.25) is 0 Å². The number of carboxylic acid groups (broad SMARTS) is 1. The van der Waals surface area contributed by atoms with Crippen molar-refractivity contribution in [3.05, 3.63) is 101 Å². The van der Waals surface area contributed by atoms with Crippen molar-refractivity contribution in [2.24, 2.45) is 11.7 Å². The molecular formula is C31H36N4O5. The van der Waals surface area contributed by atoms with E-state index in [2.05, 4.69) is 10.6 Å². The SMILES string of the molecule is C[C@H](CC(=O)[C@@H](CCc1ccccc1)NCc1ccc(OCC(=O)O)cc1)C(=O)NCc1ccc(C(=N)N)cc1. The van der Waals surface area contributed by atoms with Crippen molar-refractivity contribution in [1.29, 1.82) is 5.41 Å². The summed E-state index contributed by atoms with van der Waals surface area (Å²) in [5, 5.41) is 22.5. The number of amidine groups is 1. The normalized spacial score (nSPS) is 12.2. The largest absolute Gasteiger partial charge is 0.482 e.